The lowest BCUT2D eigenvalue weighted by Crippen LogP contribution is -2.40. The van der Waals surface area contributed by atoms with Crippen molar-refractivity contribution in [1.82, 2.24) is 24.9 Å². The predicted molar refractivity (Wildman–Crippen MR) is 108 cm³/mol. The topological polar surface area (TPSA) is 119 Å². The number of tetrazole rings is 1. The zero-order chi connectivity index (χ0) is 22.1. The lowest BCUT2D eigenvalue weighted by molar-refractivity contribution is 0.102. The summed E-state index contributed by atoms with van der Waals surface area (Å²) in [5.74, 6) is -0.643. The van der Waals surface area contributed by atoms with Crippen LogP contribution in [-0.4, -0.2) is 40.1 Å². The van der Waals surface area contributed by atoms with Crippen LogP contribution in [0.25, 0.3) is 5.69 Å². The van der Waals surface area contributed by atoms with Crippen molar-refractivity contribution in [2.75, 3.05) is 5.32 Å². The Morgan fingerprint density at radius 3 is 2.33 bits per heavy atom. The van der Waals surface area contributed by atoms with Gasteiger partial charge < -0.3 is 5.32 Å². The molecule has 11 heteroatoms. The van der Waals surface area contributed by atoms with Crippen LogP contribution < -0.4 is 10.0 Å². The van der Waals surface area contributed by atoms with Crippen molar-refractivity contribution in [3.05, 3.63) is 59.7 Å². The summed E-state index contributed by atoms with van der Waals surface area (Å²) < 4.78 is 42.6. The van der Waals surface area contributed by atoms with E-state index in [0.717, 1.165) is 0 Å². The maximum atomic E-state index is 14.2. The van der Waals surface area contributed by atoms with Crippen LogP contribution in [0.2, 0.25) is 0 Å². The van der Waals surface area contributed by atoms with Crippen molar-refractivity contribution in [2.24, 2.45) is 0 Å². The van der Waals surface area contributed by atoms with Gasteiger partial charge in [-0.1, -0.05) is 0 Å². The summed E-state index contributed by atoms with van der Waals surface area (Å²) in [6, 6.07) is 9.52. The first-order valence-corrected chi connectivity index (χ1v) is 10.4. The number of anilines is 1. The Labute approximate surface area is 173 Å². The minimum Gasteiger partial charge on any atom is -0.322 e. The van der Waals surface area contributed by atoms with Gasteiger partial charge in [0, 0.05) is 16.8 Å². The van der Waals surface area contributed by atoms with Gasteiger partial charge in [-0.25, -0.2) is 17.5 Å². The number of aryl methyl sites for hydroxylation is 1. The van der Waals surface area contributed by atoms with Crippen LogP contribution in [0.15, 0.2) is 47.4 Å². The number of benzene rings is 2. The van der Waals surface area contributed by atoms with Crippen LogP contribution in [0.1, 0.15) is 37.0 Å². The highest BCUT2D eigenvalue weighted by atomic mass is 32.2. The zero-order valence-corrected chi connectivity index (χ0v) is 17.7. The Morgan fingerprint density at radius 1 is 1.10 bits per heavy atom. The highest BCUT2D eigenvalue weighted by Crippen LogP contribution is 2.20. The first-order chi connectivity index (χ1) is 14.0. The number of carbonyl (C=O) groups excluding carboxylic acids is 1. The average molecular weight is 432 g/mol. The number of nitrogens with zero attached hydrogens (tertiary/aromatic N) is 4. The molecule has 1 amide bonds. The van der Waals surface area contributed by atoms with E-state index in [1.54, 1.807) is 27.7 Å². The molecule has 2 N–H and O–H groups in total. The minimum atomic E-state index is -3.70. The molecule has 0 spiro atoms. The maximum absolute atomic E-state index is 14.2. The van der Waals surface area contributed by atoms with Crippen LogP contribution in [0, 0.1) is 12.7 Å². The minimum absolute atomic E-state index is 0.0483. The number of hydrogen-bond acceptors (Lipinski definition) is 6. The van der Waals surface area contributed by atoms with Crippen LogP contribution in [0.3, 0.4) is 0 Å². The van der Waals surface area contributed by atoms with Gasteiger partial charge in [-0.05, 0) is 80.6 Å². The summed E-state index contributed by atoms with van der Waals surface area (Å²) in [5, 5.41) is 13.6. The van der Waals surface area contributed by atoms with E-state index in [2.05, 4.69) is 25.6 Å². The van der Waals surface area contributed by atoms with Gasteiger partial charge in [0.1, 0.15) is 11.5 Å². The molecule has 2 aromatic carbocycles. The summed E-state index contributed by atoms with van der Waals surface area (Å²) in [4.78, 5) is 12.6. The molecule has 0 saturated carbocycles. The lowest BCUT2D eigenvalue weighted by Gasteiger charge is -2.20. The number of halogens is 1. The Kier molecular flexibility index (Phi) is 5.68. The van der Waals surface area contributed by atoms with Crippen LogP contribution in [0.5, 0.6) is 0 Å². The molecule has 1 aromatic heterocycles. The van der Waals surface area contributed by atoms with Crippen molar-refractivity contribution in [3.8, 4) is 5.69 Å². The number of amides is 1. The summed E-state index contributed by atoms with van der Waals surface area (Å²) >= 11 is 0. The number of nitrogens with one attached hydrogen (secondary N) is 2. The Balaban J connectivity index is 1.79. The highest BCUT2D eigenvalue weighted by molar-refractivity contribution is 7.89. The fourth-order valence-electron chi connectivity index (χ4n) is 2.66. The molecule has 0 radical (unpaired) electrons. The van der Waals surface area contributed by atoms with Gasteiger partial charge in [-0.3, -0.25) is 4.79 Å². The lowest BCUT2D eigenvalue weighted by atomic mass is 10.1. The number of carbonyl (C=O) groups is 1. The molecule has 0 atom stereocenters. The van der Waals surface area contributed by atoms with Gasteiger partial charge in [0.25, 0.3) is 5.91 Å². The summed E-state index contributed by atoms with van der Waals surface area (Å²) in [6.07, 6.45) is 0. The predicted octanol–water partition coefficient (Wildman–Crippen LogP) is 2.44. The molecule has 9 nitrogen and oxygen atoms in total. The zero-order valence-electron chi connectivity index (χ0n) is 16.8. The number of hydrogen-bond donors (Lipinski definition) is 2. The quantitative estimate of drug-likeness (QED) is 0.639. The first kappa shape index (κ1) is 21.5. The number of sulfonamides is 1. The molecule has 0 bridgehead atoms. The smallest absolute Gasteiger partial charge is 0.255 e. The Morgan fingerprint density at radius 2 is 1.77 bits per heavy atom. The maximum Gasteiger partial charge on any atom is 0.255 e. The van der Waals surface area contributed by atoms with Gasteiger partial charge >= 0.3 is 0 Å². The van der Waals surface area contributed by atoms with Crippen molar-refractivity contribution in [1.29, 1.82) is 0 Å². The van der Waals surface area contributed by atoms with Crippen molar-refractivity contribution in [2.45, 2.75) is 38.1 Å². The first-order valence-electron chi connectivity index (χ1n) is 8.96. The van der Waals surface area contributed by atoms with Gasteiger partial charge in [-0.2, -0.15) is 4.68 Å². The van der Waals surface area contributed by atoms with Gasteiger partial charge in [0.15, 0.2) is 5.82 Å². The monoisotopic (exact) mass is 432 g/mol. The third kappa shape index (κ3) is 4.86. The normalized spacial score (nSPS) is 12.0. The van der Waals surface area contributed by atoms with Crippen LogP contribution in [-0.2, 0) is 10.0 Å². The second-order valence-corrected chi connectivity index (χ2v) is 9.32. The van der Waals surface area contributed by atoms with E-state index in [0.29, 0.717) is 11.5 Å². The van der Waals surface area contributed by atoms with Gasteiger partial charge in [0.05, 0.1) is 4.90 Å². The molecular formula is C19H21FN6O3S. The Bertz CT molecular complexity index is 1180. The number of rotatable bonds is 5. The van der Waals surface area contributed by atoms with Crippen LogP contribution in [0.4, 0.5) is 10.1 Å². The highest BCUT2D eigenvalue weighted by Gasteiger charge is 2.22. The molecular weight excluding hydrogens is 411 g/mol. The van der Waals surface area contributed by atoms with Crippen molar-refractivity contribution in [3.63, 3.8) is 0 Å². The molecule has 1 heterocycles. The van der Waals surface area contributed by atoms with E-state index in [1.807, 2.05) is 0 Å². The van der Waals surface area contributed by atoms with Gasteiger partial charge in [0.2, 0.25) is 10.0 Å². The number of aromatic nitrogens is 4. The largest absolute Gasteiger partial charge is 0.322 e. The van der Waals surface area contributed by atoms with E-state index in [4.69, 9.17) is 0 Å². The molecule has 30 heavy (non-hydrogen) atoms. The third-order valence-electron chi connectivity index (χ3n) is 3.92. The van der Waals surface area contributed by atoms with Crippen molar-refractivity contribution < 1.29 is 17.6 Å². The molecule has 0 aliphatic heterocycles. The summed E-state index contributed by atoms with van der Waals surface area (Å²) in [5.41, 5.74) is 0.0317. The molecule has 3 rings (SSSR count). The average Bonchev–Trinajstić information content (AvgIpc) is 3.07. The molecule has 3 aromatic rings. The van der Waals surface area contributed by atoms with E-state index in [1.165, 1.54) is 47.1 Å². The summed E-state index contributed by atoms with van der Waals surface area (Å²) in [6.45, 7) is 6.83. The van der Waals surface area contributed by atoms with Crippen molar-refractivity contribution >= 4 is 21.6 Å². The standard InChI is InChI=1S/C19H21FN6O3S/c1-12-22-24-25-26(12)17-11-14(7-10-16(17)20)21-18(27)13-5-8-15(9-6-13)30(28,29)23-19(2,3)4/h5-11,23H,1-4H3,(H,21,27). The second kappa shape index (κ2) is 7.92. The van der Waals surface area contributed by atoms with Gasteiger partial charge in [-0.15, -0.1) is 5.10 Å². The fourth-order valence-corrected chi connectivity index (χ4v) is 4.08. The second-order valence-electron chi connectivity index (χ2n) is 7.64. The molecule has 0 saturated heterocycles. The Hall–Kier alpha value is -3.18. The molecule has 158 valence electrons. The van der Waals surface area contributed by atoms with E-state index in [-0.39, 0.29) is 16.1 Å². The van der Waals surface area contributed by atoms with E-state index < -0.39 is 27.3 Å². The molecule has 0 aliphatic carbocycles. The SMILES string of the molecule is Cc1nnnn1-c1cc(NC(=O)c2ccc(S(=O)(=O)NC(C)(C)C)cc2)ccc1F. The molecule has 0 unspecified atom stereocenters. The molecule has 0 fully saturated rings. The van der Waals surface area contributed by atoms with E-state index >= 15 is 0 Å². The van der Waals surface area contributed by atoms with Crippen LogP contribution >= 0.6 is 0 Å². The summed E-state index contributed by atoms with van der Waals surface area (Å²) in [7, 11) is -3.70. The third-order valence-corrected chi connectivity index (χ3v) is 5.70. The molecule has 0 aliphatic rings. The van der Waals surface area contributed by atoms with E-state index in [9.17, 15) is 17.6 Å². The fraction of sp³-hybridized carbons (Fsp3) is 0.263.